The minimum Gasteiger partial charge on any atom is -0.359 e. The standard InChI is InChI=1S/C14H21N3O2S/c1-9-4-3-5-14(7-9)8-20-13(16-14)15-10-6-11(18)17(2)12(10)19/h9-10H,3-8H2,1-2H3,(H,15,16). The van der Waals surface area contributed by atoms with Crippen molar-refractivity contribution >= 4 is 28.7 Å². The van der Waals surface area contributed by atoms with Gasteiger partial charge in [0, 0.05) is 18.3 Å². The third-order valence-corrected chi connectivity index (χ3v) is 5.76. The van der Waals surface area contributed by atoms with Crippen LogP contribution in [0.25, 0.3) is 0 Å². The third-order valence-electron chi connectivity index (χ3n) is 4.58. The molecule has 6 heteroatoms. The molecular formula is C14H21N3O2S. The first-order chi connectivity index (χ1) is 9.49. The van der Waals surface area contributed by atoms with Crippen molar-refractivity contribution in [1.29, 1.82) is 0 Å². The maximum absolute atomic E-state index is 11.9. The van der Waals surface area contributed by atoms with Gasteiger partial charge in [0.05, 0.1) is 6.42 Å². The number of aliphatic imine (C=N–C) groups is 1. The second-order valence-corrected chi connectivity index (χ2v) is 7.30. The Morgan fingerprint density at radius 1 is 1.45 bits per heavy atom. The SMILES string of the molecule is CC1CCCC2(CSC(=NC3CC(=O)N(C)C3=O)N2)C1. The van der Waals surface area contributed by atoms with Gasteiger partial charge < -0.3 is 5.32 Å². The molecule has 2 aliphatic heterocycles. The van der Waals surface area contributed by atoms with E-state index in [0.29, 0.717) is 0 Å². The molecule has 20 heavy (non-hydrogen) atoms. The lowest BCUT2D eigenvalue weighted by Gasteiger charge is -2.36. The molecule has 1 aliphatic carbocycles. The highest BCUT2D eigenvalue weighted by Gasteiger charge is 2.42. The van der Waals surface area contributed by atoms with Gasteiger partial charge in [0.2, 0.25) is 5.91 Å². The van der Waals surface area contributed by atoms with Crippen LogP contribution >= 0.6 is 11.8 Å². The summed E-state index contributed by atoms with van der Waals surface area (Å²) in [6.45, 7) is 2.30. The van der Waals surface area contributed by atoms with E-state index in [1.165, 1.54) is 37.6 Å². The topological polar surface area (TPSA) is 61.8 Å². The number of imide groups is 1. The minimum absolute atomic E-state index is 0.131. The van der Waals surface area contributed by atoms with Gasteiger partial charge in [0.25, 0.3) is 5.91 Å². The Morgan fingerprint density at radius 3 is 2.90 bits per heavy atom. The lowest BCUT2D eigenvalue weighted by molar-refractivity contribution is -0.136. The smallest absolute Gasteiger partial charge is 0.254 e. The van der Waals surface area contributed by atoms with Gasteiger partial charge in [-0.2, -0.15) is 0 Å². The van der Waals surface area contributed by atoms with Gasteiger partial charge in [0.15, 0.2) is 5.17 Å². The first kappa shape index (κ1) is 13.9. The predicted octanol–water partition coefficient (Wildman–Crippen LogP) is 1.38. The highest BCUT2D eigenvalue weighted by atomic mass is 32.2. The van der Waals surface area contributed by atoms with E-state index in [2.05, 4.69) is 17.2 Å². The number of amidine groups is 1. The Balaban J connectivity index is 1.69. The van der Waals surface area contributed by atoms with Crippen LogP contribution in [-0.2, 0) is 9.59 Å². The largest absolute Gasteiger partial charge is 0.359 e. The number of hydrogen-bond donors (Lipinski definition) is 1. The van der Waals surface area contributed by atoms with Crippen LogP contribution in [0.3, 0.4) is 0 Å². The quantitative estimate of drug-likeness (QED) is 0.743. The Hall–Kier alpha value is -1.04. The zero-order valence-electron chi connectivity index (χ0n) is 12.0. The van der Waals surface area contributed by atoms with Crippen molar-refractivity contribution in [2.24, 2.45) is 10.9 Å². The van der Waals surface area contributed by atoms with Crippen LogP contribution in [0.1, 0.15) is 39.0 Å². The van der Waals surface area contributed by atoms with Crippen molar-refractivity contribution in [3.63, 3.8) is 0 Å². The molecular weight excluding hydrogens is 274 g/mol. The van der Waals surface area contributed by atoms with Crippen molar-refractivity contribution in [1.82, 2.24) is 10.2 Å². The molecule has 2 saturated heterocycles. The molecule has 3 aliphatic rings. The monoisotopic (exact) mass is 295 g/mol. The fourth-order valence-corrected chi connectivity index (χ4v) is 4.70. The number of nitrogens with one attached hydrogen (secondary N) is 1. The van der Waals surface area contributed by atoms with E-state index < -0.39 is 6.04 Å². The molecule has 1 N–H and O–H groups in total. The van der Waals surface area contributed by atoms with E-state index in [0.717, 1.165) is 16.8 Å². The van der Waals surface area contributed by atoms with Crippen LogP contribution in [0, 0.1) is 5.92 Å². The summed E-state index contributed by atoms with van der Waals surface area (Å²) >= 11 is 1.70. The molecule has 0 bridgehead atoms. The van der Waals surface area contributed by atoms with Crippen molar-refractivity contribution in [3.8, 4) is 0 Å². The molecule has 5 nitrogen and oxygen atoms in total. The van der Waals surface area contributed by atoms with Gasteiger partial charge in [-0.3, -0.25) is 14.5 Å². The summed E-state index contributed by atoms with van der Waals surface area (Å²) < 4.78 is 0. The molecule has 0 aromatic heterocycles. The predicted molar refractivity (Wildman–Crippen MR) is 79.6 cm³/mol. The highest BCUT2D eigenvalue weighted by molar-refractivity contribution is 8.14. The number of hydrogen-bond acceptors (Lipinski definition) is 4. The van der Waals surface area contributed by atoms with Gasteiger partial charge >= 0.3 is 0 Å². The lowest BCUT2D eigenvalue weighted by atomic mass is 9.78. The van der Waals surface area contributed by atoms with Crippen LogP contribution in [0.15, 0.2) is 4.99 Å². The van der Waals surface area contributed by atoms with E-state index in [1.54, 1.807) is 11.8 Å². The molecule has 1 saturated carbocycles. The number of rotatable bonds is 1. The first-order valence-electron chi connectivity index (χ1n) is 7.28. The zero-order valence-corrected chi connectivity index (χ0v) is 12.8. The van der Waals surface area contributed by atoms with E-state index >= 15 is 0 Å². The summed E-state index contributed by atoms with van der Waals surface area (Å²) in [4.78, 5) is 29.1. The fourth-order valence-electron chi connectivity index (χ4n) is 3.46. The van der Waals surface area contributed by atoms with Crippen molar-refractivity contribution < 1.29 is 9.59 Å². The Kier molecular flexibility index (Phi) is 3.52. The lowest BCUT2D eigenvalue weighted by Crippen LogP contribution is -2.47. The van der Waals surface area contributed by atoms with Crippen LogP contribution in [0.2, 0.25) is 0 Å². The fraction of sp³-hybridized carbons (Fsp3) is 0.786. The zero-order chi connectivity index (χ0) is 14.3. The van der Waals surface area contributed by atoms with Crippen LogP contribution in [-0.4, -0.2) is 46.3 Å². The molecule has 1 spiro atoms. The van der Waals surface area contributed by atoms with Crippen molar-refractivity contribution in [2.45, 2.75) is 50.6 Å². The minimum atomic E-state index is -0.515. The number of carbonyl (C=O) groups is 2. The average molecular weight is 295 g/mol. The third kappa shape index (κ3) is 2.45. The molecule has 3 fully saturated rings. The molecule has 3 rings (SSSR count). The van der Waals surface area contributed by atoms with Crippen molar-refractivity contribution in [2.75, 3.05) is 12.8 Å². The van der Waals surface area contributed by atoms with E-state index in [-0.39, 0.29) is 23.8 Å². The molecule has 2 heterocycles. The summed E-state index contributed by atoms with van der Waals surface area (Å²) in [7, 11) is 1.53. The summed E-state index contributed by atoms with van der Waals surface area (Å²) in [6, 6.07) is -0.515. The number of amides is 2. The first-order valence-corrected chi connectivity index (χ1v) is 8.27. The molecule has 0 aromatic carbocycles. The van der Waals surface area contributed by atoms with Gasteiger partial charge in [-0.25, -0.2) is 4.99 Å². The van der Waals surface area contributed by atoms with Gasteiger partial charge in [-0.1, -0.05) is 31.5 Å². The van der Waals surface area contributed by atoms with Crippen molar-refractivity contribution in [3.05, 3.63) is 0 Å². The number of likely N-dealkylation sites (N-methyl/N-ethyl adjacent to an activating group) is 1. The molecule has 3 atom stereocenters. The molecule has 0 aromatic rings. The maximum Gasteiger partial charge on any atom is 0.254 e. The van der Waals surface area contributed by atoms with Crippen LogP contribution in [0.5, 0.6) is 0 Å². The number of likely N-dealkylation sites (tertiary alicyclic amines) is 1. The average Bonchev–Trinajstić information content (AvgIpc) is 2.88. The molecule has 110 valence electrons. The van der Waals surface area contributed by atoms with E-state index in [1.807, 2.05) is 0 Å². The Labute approximate surface area is 123 Å². The normalized spacial score (nSPS) is 39.9. The Bertz CT molecular complexity index is 479. The second-order valence-electron chi connectivity index (χ2n) is 6.34. The highest BCUT2D eigenvalue weighted by Crippen LogP contribution is 2.39. The van der Waals surface area contributed by atoms with Crippen LogP contribution < -0.4 is 5.32 Å². The maximum atomic E-state index is 11.9. The van der Waals surface area contributed by atoms with Gasteiger partial charge in [0.1, 0.15) is 6.04 Å². The van der Waals surface area contributed by atoms with Gasteiger partial charge in [-0.05, 0) is 18.8 Å². The summed E-state index contributed by atoms with van der Waals surface area (Å²) in [5.74, 6) is 1.47. The number of carbonyl (C=O) groups excluding carboxylic acids is 2. The molecule has 3 unspecified atom stereocenters. The van der Waals surface area contributed by atoms with E-state index in [4.69, 9.17) is 0 Å². The Morgan fingerprint density at radius 2 is 2.25 bits per heavy atom. The summed E-state index contributed by atoms with van der Waals surface area (Å²) in [5, 5.41) is 4.39. The van der Waals surface area contributed by atoms with Gasteiger partial charge in [-0.15, -0.1) is 0 Å². The number of thioether (sulfide) groups is 1. The summed E-state index contributed by atoms with van der Waals surface area (Å²) in [6.07, 6.45) is 5.13. The molecule has 2 amide bonds. The summed E-state index contributed by atoms with van der Waals surface area (Å²) in [5.41, 5.74) is 0.165. The number of nitrogens with zero attached hydrogens (tertiary/aromatic N) is 2. The van der Waals surface area contributed by atoms with E-state index in [9.17, 15) is 9.59 Å². The molecule has 0 radical (unpaired) electrons. The van der Waals surface area contributed by atoms with Crippen LogP contribution in [0.4, 0.5) is 0 Å². The second kappa shape index (κ2) is 5.06.